The lowest BCUT2D eigenvalue weighted by Gasteiger charge is -2.25. The van der Waals surface area contributed by atoms with Gasteiger partial charge in [0.05, 0.1) is 16.7 Å². The van der Waals surface area contributed by atoms with Crippen molar-refractivity contribution >= 4 is 40.9 Å². The van der Waals surface area contributed by atoms with Crippen LogP contribution in [-0.4, -0.2) is 11.7 Å². The topological polar surface area (TPSA) is 52.9 Å². The number of amides is 1. The van der Waals surface area contributed by atoms with Gasteiger partial charge in [0.15, 0.2) is 0 Å². The molecule has 0 radical (unpaired) electrons. The Bertz CT molecular complexity index is 637. The van der Waals surface area contributed by atoms with Crippen molar-refractivity contribution in [2.75, 3.05) is 5.75 Å². The van der Waals surface area contributed by atoms with Crippen LogP contribution in [0.3, 0.4) is 0 Å². The molecule has 2 rings (SSSR count). The SMILES string of the molecule is CCCSC1=C(C#N)[C@@H](c2ccc(Cl)cc2Cl)CC(=O)N1. The van der Waals surface area contributed by atoms with Crippen LogP contribution in [0.25, 0.3) is 0 Å². The van der Waals surface area contributed by atoms with E-state index < -0.39 is 0 Å². The Morgan fingerprint density at radius 1 is 1.48 bits per heavy atom. The van der Waals surface area contributed by atoms with Gasteiger partial charge in [-0.3, -0.25) is 4.79 Å². The van der Waals surface area contributed by atoms with Crippen LogP contribution < -0.4 is 5.32 Å². The van der Waals surface area contributed by atoms with Crippen LogP contribution in [-0.2, 0) is 4.79 Å². The lowest BCUT2D eigenvalue weighted by molar-refractivity contribution is -0.120. The van der Waals surface area contributed by atoms with E-state index in [0.717, 1.165) is 17.7 Å². The van der Waals surface area contributed by atoms with Crippen molar-refractivity contribution in [3.8, 4) is 6.07 Å². The highest BCUT2D eigenvalue weighted by Gasteiger charge is 2.30. The highest BCUT2D eigenvalue weighted by atomic mass is 35.5. The molecule has 0 saturated carbocycles. The molecule has 1 aliphatic rings. The molecule has 0 bridgehead atoms. The summed E-state index contributed by atoms with van der Waals surface area (Å²) in [5, 5.41) is 13.9. The van der Waals surface area contributed by atoms with E-state index in [-0.39, 0.29) is 18.2 Å². The Morgan fingerprint density at radius 3 is 2.86 bits per heavy atom. The molecule has 1 heterocycles. The second-order valence-corrected chi connectivity index (χ2v) is 6.62. The van der Waals surface area contributed by atoms with Gasteiger partial charge in [-0.15, -0.1) is 11.8 Å². The Labute approximate surface area is 138 Å². The van der Waals surface area contributed by atoms with E-state index >= 15 is 0 Å². The number of carbonyl (C=O) groups is 1. The first-order valence-corrected chi connectivity index (χ1v) is 8.32. The zero-order valence-electron chi connectivity index (χ0n) is 11.5. The van der Waals surface area contributed by atoms with Crippen LogP contribution >= 0.6 is 35.0 Å². The molecule has 1 aliphatic heterocycles. The van der Waals surface area contributed by atoms with Gasteiger partial charge in [0.2, 0.25) is 5.91 Å². The molecule has 1 atom stereocenters. The molecule has 0 unspecified atom stereocenters. The maximum Gasteiger partial charge on any atom is 0.225 e. The standard InChI is InChI=1S/C15H14Cl2N2OS/c1-2-5-21-15-12(8-18)11(7-14(20)19-15)10-4-3-9(16)6-13(10)17/h3-4,6,11H,2,5,7H2,1H3,(H,19,20)/t11-/m1/s1. The Hall–Kier alpha value is -1.15. The number of rotatable bonds is 4. The number of carbonyl (C=O) groups excluding carboxylic acids is 1. The van der Waals surface area contributed by atoms with Gasteiger partial charge in [-0.25, -0.2) is 0 Å². The number of nitrogens with one attached hydrogen (secondary N) is 1. The first kappa shape index (κ1) is 16.2. The molecular formula is C15H14Cl2N2OS. The first-order chi connectivity index (χ1) is 10.1. The van der Waals surface area contributed by atoms with Crippen molar-refractivity contribution in [1.82, 2.24) is 5.32 Å². The summed E-state index contributed by atoms with van der Waals surface area (Å²) in [6.45, 7) is 2.05. The van der Waals surface area contributed by atoms with Gasteiger partial charge in [-0.1, -0.05) is 36.2 Å². The molecule has 0 aliphatic carbocycles. The summed E-state index contributed by atoms with van der Waals surface area (Å²) in [4.78, 5) is 11.9. The number of halogens is 2. The van der Waals surface area contributed by atoms with Crippen molar-refractivity contribution in [2.24, 2.45) is 0 Å². The van der Waals surface area contributed by atoms with Crippen LogP contribution in [0.1, 0.15) is 31.2 Å². The summed E-state index contributed by atoms with van der Waals surface area (Å²) < 4.78 is 0. The van der Waals surface area contributed by atoms with Gasteiger partial charge in [0.1, 0.15) is 0 Å². The Kier molecular flexibility index (Phi) is 5.58. The van der Waals surface area contributed by atoms with Crippen LogP contribution in [0.4, 0.5) is 0 Å². The maximum absolute atomic E-state index is 11.9. The fourth-order valence-corrected chi connectivity index (χ4v) is 3.66. The van der Waals surface area contributed by atoms with E-state index in [1.54, 1.807) is 18.2 Å². The molecule has 1 aromatic rings. The summed E-state index contributed by atoms with van der Waals surface area (Å²) in [6.07, 6.45) is 1.19. The van der Waals surface area contributed by atoms with Gasteiger partial charge < -0.3 is 5.32 Å². The molecule has 110 valence electrons. The molecule has 0 saturated heterocycles. The number of thioether (sulfide) groups is 1. The predicted molar refractivity (Wildman–Crippen MR) is 87.4 cm³/mol. The van der Waals surface area contributed by atoms with Crippen molar-refractivity contribution < 1.29 is 4.79 Å². The van der Waals surface area contributed by atoms with Crippen LogP contribution in [0.15, 0.2) is 28.8 Å². The molecular weight excluding hydrogens is 327 g/mol. The predicted octanol–water partition coefficient (Wildman–Crippen LogP) is 4.48. The van der Waals surface area contributed by atoms with Gasteiger partial charge in [-0.05, 0) is 29.9 Å². The summed E-state index contributed by atoms with van der Waals surface area (Å²) >= 11 is 13.6. The average Bonchev–Trinajstić information content (AvgIpc) is 2.44. The van der Waals surface area contributed by atoms with Crippen LogP contribution in [0, 0.1) is 11.3 Å². The fourth-order valence-electron chi connectivity index (χ4n) is 2.19. The average molecular weight is 341 g/mol. The van der Waals surface area contributed by atoms with Gasteiger partial charge in [0.25, 0.3) is 0 Å². The van der Waals surface area contributed by atoms with Gasteiger partial charge >= 0.3 is 0 Å². The molecule has 6 heteroatoms. The molecule has 1 amide bonds. The summed E-state index contributed by atoms with van der Waals surface area (Å²) in [7, 11) is 0. The van der Waals surface area contributed by atoms with E-state index in [9.17, 15) is 10.1 Å². The Balaban J connectivity index is 2.45. The fraction of sp³-hybridized carbons (Fsp3) is 0.333. The maximum atomic E-state index is 11.9. The van der Waals surface area contributed by atoms with Crippen LogP contribution in [0.2, 0.25) is 10.0 Å². The van der Waals surface area contributed by atoms with E-state index in [0.29, 0.717) is 20.6 Å². The van der Waals surface area contributed by atoms with E-state index in [1.165, 1.54) is 11.8 Å². The lowest BCUT2D eigenvalue weighted by Crippen LogP contribution is -2.31. The molecule has 0 fully saturated rings. The third-order valence-corrected chi connectivity index (χ3v) is 4.93. The minimum absolute atomic E-state index is 0.0939. The van der Waals surface area contributed by atoms with E-state index in [2.05, 4.69) is 18.3 Å². The summed E-state index contributed by atoms with van der Waals surface area (Å²) in [5.74, 6) is 0.443. The number of nitrogens with zero attached hydrogens (tertiary/aromatic N) is 1. The summed E-state index contributed by atoms with van der Waals surface area (Å²) in [6, 6.07) is 7.37. The second kappa shape index (κ2) is 7.22. The third-order valence-electron chi connectivity index (χ3n) is 3.14. The molecule has 0 spiro atoms. The molecule has 3 nitrogen and oxygen atoms in total. The highest BCUT2D eigenvalue weighted by Crippen LogP contribution is 2.39. The number of benzene rings is 1. The largest absolute Gasteiger partial charge is 0.320 e. The third kappa shape index (κ3) is 3.74. The van der Waals surface area contributed by atoms with Gasteiger partial charge in [-0.2, -0.15) is 5.26 Å². The van der Waals surface area contributed by atoms with Crippen LogP contribution in [0.5, 0.6) is 0 Å². The smallest absolute Gasteiger partial charge is 0.225 e. The van der Waals surface area contributed by atoms with Crippen molar-refractivity contribution in [3.05, 3.63) is 44.4 Å². The molecule has 0 aromatic heterocycles. The van der Waals surface area contributed by atoms with E-state index in [1.807, 2.05) is 0 Å². The number of allylic oxidation sites excluding steroid dienone is 1. The summed E-state index contributed by atoms with van der Waals surface area (Å²) in [5.41, 5.74) is 1.33. The monoisotopic (exact) mass is 340 g/mol. The number of nitriles is 1. The quantitative estimate of drug-likeness (QED) is 0.879. The van der Waals surface area contributed by atoms with Crippen molar-refractivity contribution in [2.45, 2.75) is 25.7 Å². The molecule has 21 heavy (non-hydrogen) atoms. The normalized spacial score (nSPS) is 18.4. The molecule has 1 aromatic carbocycles. The molecule has 1 N–H and O–H groups in total. The lowest BCUT2D eigenvalue weighted by atomic mass is 9.87. The first-order valence-electron chi connectivity index (χ1n) is 6.58. The van der Waals surface area contributed by atoms with Gasteiger partial charge in [0, 0.05) is 22.4 Å². The van der Waals surface area contributed by atoms with Crippen molar-refractivity contribution in [3.63, 3.8) is 0 Å². The number of hydrogen-bond acceptors (Lipinski definition) is 3. The highest BCUT2D eigenvalue weighted by molar-refractivity contribution is 8.03. The second-order valence-electron chi connectivity index (χ2n) is 4.67. The number of hydrogen-bond donors (Lipinski definition) is 1. The zero-order valence-corrected chi connectivity index (χ0v) is 13.8. The van der Waals surface area contributed by atoms with Crippen molar-refractivity contribution in [1.29, 1.82) is 5.26 Å². The zero-order chi connectivity index (χ0) is 15.4. The van der Waals surface area contributed by atoms with E-state index in [4.69, 9.17) is 23.2 Å². The Morgan fingerprint density at radius 2 is 2.24 bits per heavy atom. The minimum atomic E-state index is -0.312. The minimum Gasteiger partial charge on any atom is -0.320 e.